The second-order valence-electron chi connectivity index (χ2n) is 3.32. The largest absolute Gasteiger partial charge is 0.369 e. The number of benzene rings is 1. The van der Waals surface area contributed by atoms with Crippen LogP contribution in [0.3, 0.4) is 0 Å². The summed E-state index contributed by atoms with van der Waals surface area (Å²) in [7, 11) is 0. The molecule has 0 saturated carbocycles. The average Bonchev–Trinajstić information content (AvgIpc) is 2.12. The molecule has 1 aromatic rings. The Labute approximate surface area is 86.1 Å². The van der Waals surface area contributed by atoms with Crippen molar-refractivity contribution in [3.63, 3.8) is 0 Å². The van der Waals surface area contributed by atoms with Crippen molar-refractivity contribution in [2.75, 3.05) is 6.54 Å². The van der Waals surface area contributed by atoms with Crippen molar-refractivity contribution in [1.29, 1.82) is 0 Å². The number of nitrogens with two attached hydrogens (primary N) is 2. The van der Waals surface area contributed by atoms with Crippen LogP contribution in [0.2, 0.25) is 0 Å². The predicted molar refractivity (Wildman–Crippen MR) is 51.8 cm³/mol. The molecule has 0 fully saturated rings. The highest BCUT2D eigenvalue weighted by molar-refractivity contribution is 5.77. The van der Waals surface area contributed by atoms with Gasteiger partial charge in [-0.2, -0.15) is 0 Å². The van der Waals surface area contributed by atoms with Crippen molar-refractivity contribution in [2.24, 2.45) is 17.4 Å². The predicted octanol–water partition coefficient (Wildman–Crippen LogP) is 0.567. The summed E-state index contributed by atoms with van der Waals surface area (Å²) in [5.41, 5.74) is 10.8. The second kappa shape index (κ2) is 4.84. The van der Waals surface area contributed by atoms with Gasteiger partial charge in [0.2, 0.25) is 5.91 Å². The molecule has 1 unspecified atom stereocenters. The van der Waals surface area contributed by atoms with Gasteiger partial charge in [-0.15, -0.1) is 0 Å². The fraction of sp³-hybridized carbons (Fsp3) is 0.300. The first-order valence-electron chi connectivity index (χ1n) is 4.47. The fourth-order valence-corrected chi connectivity index (χ4v) is 1.31. The van der Waals surface area contributed by atoms with E-state index < -0.39 is 23.5 Å². The third kappa shape index (κ3) is 3.28. The molecule has 0 aliphatic rings. The molecule has 0 spiro atoms. The summed E-state index contributed by atoms with van der Waals surface area (Å²) in [6.07, 6.45) is 0.153. The van der Waals surface area contributed by atoms with Gasteiger partial charge in [0, 0.05) is 12.6 Å². The standard InChI is InChI=1S/C10H12F2N2O/c11-8-2-6(3-9(12)4-8)1-7(5-13)10(14)15/h2-4,7H,1,5,13H2,(H2,14,15). The Bertz CT molecular complexity index is 348. The molecule has 0 saturated heterocycles. The maximum atomic E-state index is 12.8. The van der Waals surface area contributed by atoms with E-state index in [9.17, 15) is 13.6 Å². The smallest absolute Gasteiger partial charge is 0.222 e. The number of carbonyl (C=O) groups is 1. The molecule has 5 heteroatoms. The van der Waals surface area contributed by atoms with Crippen molar-refractivity contribution < 1.29 is 13.6 Å². The summed E-state index contributed by atoms with van der Waals surface area (Å²) < 4.78 is 25.6. The number of hydrogen-bond donors (Lipinski definition) is 2. The van der Waals surface area contributed by atoms with Gasteiger partial charge in [-0.05, 0) is 24.1 Å². The monoisotopic (exact) mass is 214 g/mol. The number of carbonyl (C=O) groups excluding carboxylic acids is 1. The number of primary amides is 1. The SMILES string of the molecule is NCC(Cc1cc(F)cc(F)c1)C(N)=O. The van der Waals surface area contributed by atoms with E-state index in [4.69, 9.17) is 11.5 Å². The number of hydrogen-bond acceptors (Lipinski definition) is 2. The lowest BCUT2D eigenvalue weighted by molar-refractivity contribution is -0.121. The molecule has 0 aliphatic heterocycles. The van der Waals surface area contributed by atoms with Gasteiger partial charge in [0.05, 0.1) is 5.92 Å². The molecule has 0 bridgehead atoms. The lowest BCUT2D eigenvalue weighted by atomic mass is 9.99. The molecule has 4 N–H and O–H groups in total. The summed E-state index contributed by atoms with van der Waals surface area (Å²) in [5, 5.41) is 0. The van der Waals surface area contributed by atoms with Crippen LogP contribution >= 0.6 is 0 Å². The minimum absolute atomic E-state index is 0.0630. The Morgan fingerprint density at radius 1 is 1.27 bits per heavy atom. The van der Waals surface area contributed by atoms with Gasteiger partial charge in [0.25, 0.3) is 0 Å². The van der Waals surface area contributed by atoms with Gasteiger partial charge in [-0.25, -0.2) is 8.78 Å². The third-order valence-corrected chi connectivity index (χ3v) is 2.09. The summed E-state index contributed by atoms with van der Waals surface area (Å²) in [5.74, 6) is -2.51. The highest BCUT2D eigenvalue weighted by Crippen LogP contribution is 2.12. The van der Waals surface area contributed by atoms with E-state index in [1.807, 2.05) is 0 Å². The zero-order chi connectivity index (χ0) is 11.4. The molecule has 0 aromatic heterocycles. The van der Waals surface area contributed by atoms with Crippen molar-refractivity contribution in [1.82, 2.24) is 0 Å². The first-order chi connectivity index (χ1) is 7.02. The zero-order valence-corrected chi connectivity index (χ0v) is 8.04. The van der Waals surface area contributed by atoms with Crippen molar-refractivity contribution >= 4 is 5.91 Å². The summed E-state index contributed by atoms with van der Waals surface area (Å²) in [4.78, 5) is 10.9. The summed E-state index contributed by atoms with van der Waals surface area (Å²) >= 11 is 0. The van der Waals surface area contributed by atoms with Crippen molar-refractivity contribution in [3.05, 3.63) is 35.4 Å². The highest BCUT2D eigenvalue weighted by Gasteiger charge is 2.14. The number of halogens is 2. The topological polar surface area (TPSA) is 69.1 Å². The van der Waals surface area contributed by atoms with Crippen LogP contribution in [0.5, 0.6) is 0 Å². The van der Waals surface area contributed by atoms with E-state index in [2.05, 4.69) is 0 Å². The Kier molecular flexibility index (Phi) is 3.74. The Morgan fingerprint density at radius 3 is 2.20 bits per heavy atom. The molecular formula is C10H12F2N2O. The molecule has 1 amide bonds. The van der Waals surface area contributed by atoms with E-state index in [0.717, 1.165) is 18.2 Å². The second-order valence-corrected chi connectivity index (χ2v) is 3.32. The quantitative estimate of drug-likeness (QED) is 0.769. The average molecular weight is 214 g/mol. The van der Waals surface area contributed by atoms with Crippen molar-refractivity contribution in [3.8, 4) is 0 Å². The van der Waals surface area contributed by atoms with E-state index in [0.29, 0.717) is 5.56 Å². The van der Waals surface area contributed by atoms with Crippen LogP contribution in [0, 0.1) is 17.6 Å². The van der Waals surface area contributed by atoms with E-state index in [-0.39, 0.29) is 13.0 Å². The molecule has 1 rings (SSSR count). The minimum Gasteiger partial charge on any atom is -0.369 e. The van der Waals surface area contributed by atoms with Gasteiger partial charge < -0.3 is 11.5 Å². The normalized spacial score (nSPS) is 12.5. The van der Waals surface area contributed by atoms with Crippen LogP contribution in [0.1, 0.15) is 5.56 Å². The Balaban J connectivity index is 2.83. The van der Waals surface area contributed by atoms with E-state index >= 15 is 0 Å². The third-order valence-electron chi connectivity index (χ3n) is 2.09. The van der Waals surface area contributed by atoms with Crippen LogP contribution in [0.4, 0.5) is 8.78 Å². The molecular weight excluding hydrogens is 202 g/mol. The van der Waals surface area contributed by atoms with E-state index in [1.165, 1.54) is 0 Å². The van der Waals surface area contributed by atoms with Crippen LogP contribution < -0.4 is 11.5 Å². The Hall–Kier alpha value is -1.49. The van der Waals surface area contributed by atoms with Gasteiger partial charge in [-0.1, -0.05) is 0 Å². The van der Waals surface area contributed by atoms with Gasteiger partial charge >= 0.3 is 0 Å². The molecule has 82 valence electrons. The lowest BCUT2D eigenvalue weighted by Crippen LogP contribution is -2.31. The van der Waals surface area contributed by atoms with Crippen LogP contribution in [0.25, 0.3) is 0 Å². The molecule has 0 heterocycles. The summed E-state index contributed by atoms with van der Waals surface area (Å²) in [6, 6.07) is 3.09. The molecule has 0 aliphatic carbocycles. The first kappa shape index (κ1) is 11.6. The molecule has 1 atom stereocenters. The maximum absolute atomic E-state index is 12.8. The number of amides is 1. The maximum Gasteiger partial charge on any atom is 0.222 e. The summed E-state index contributed by atoms with van der Waals surface area (Å²) in [6.45, 7) is 0.0630. The zero-order valence-electron chi connectivity index (χ0n) is 8.04. The van der Waals surface area contributed by atoms with Gasteiger partial charge in [0.1, 0.15) is 11.6 Å². The van der Waals surface area contributed by atoms with Gasteiger partial charge in [-0.3, -0.25) is 4.79 Å². The highest BCUT2D eigenvalue weighted by atomic mass is 19.1. The first-order valence-corrected chi connectivity index (χ1v) is 4.47. The minimum atomic E-state index is -0.676. The molecule has 1 aromatic carbocycles. The molecule has 0 radical (unpaired) electrons. The van der Waals surface area contributed by atoms with Crippen LogP contribution in [-0.4, -0.2) is 12.5 Å². The lowest BCUT2D eigenvalue weighted by Gasteiger charge is -2.10. The van der Waals surface area contributed by atoms with E-state index in [1.54, 1.807) is 0 Å². The van der Waals surface area contributed by atoms with Gasteiger partial charge in [0.15, 0.2) is 0 Å². The fourth-order valence-electron chi connectivity index (χ4n) is 1.31. The Morgan fingerprint density at radius 2 is 1.80 bits per heavy atom. The molecule has 15 heavy (non-hydrogen) atoms. The van der Waals surface area contributed by atoms with Crippen LogP contribution in [-0.2, 0) is 11.2 Å². The van der Waals surface area contributed by atoms with Crippen molar-refractivity contribution in [2.45, 2.75) is 6.42 Å². The van der Waals surface area contributed by atoms with Crippen LogP contribution in [0.15, 0.2) is 18.2 Å². The number of rotatable bonds is 4. The molecule has 3 nitrogen and oxygen atoms in total.